The minimum atomic E-state index is -0.877. The van der Waals surface area contributed by atoms with E-state index in [2.05, 4.69) is 0 Å². The van der Waals surface area contributed by atoms with Gasteiger partial charge in [-0.25, -0.2) is 0 Å². The summed E-state index contributed by atoms with van der Waals surface area (Å²) < 4.78 is 6.00. The Bertz CT molecular complexity index is 552. The fourth-order valence-electron chi connectivity index (χ4n) is 3.07. The van der Waals surface area contributed by atoms with E-state index in [1.165, 1.54) is 12.8 Å². The molecule has 5 nitrogen and oxygen atoms in total. The summed E-state index contributed by atoms with van der Waals surface area (Å²) in [6, 6.07) is 7.95. The molecule has 0 heterocycles. The maximum Gasteiger partial charge on any atom is 0.305 e. The first-order valence-electron chi connectivity index (χ1n) is 8.83. The van der Waals surface area contributed by atoms with Crippen LogP contribution in [-0.4, -0.2) is 41.1 Å². The predicted molar refractivity (Wildman–Crippen MR) is 92.2 cm³/mol. The lowest BCUT2D eigenvalue weighted by Gasteiger charge is -2.20. The van der Waals surface area contributed by atoms with E-state index < -0.39 is 5.97 Å². The number of amides is 1. The summed E-state index contributed by atoms with van der Waals surface area (Å²) in [5.41, 5.74) is 1.08. The van der Waals surface area contributed by atoms with Gasteiger partial charge in [0.15, 0.2) is 0 Å². The minimum absolute atomic E-state index is 0.000800. The number of rotatable bonds is 9. The lowest BCUT2D eigenvalue weighted by molar-refractivity contribution is -0.138. The normalized spacial score (nSPS) is 14.5. The van der Waals surface area contributed by atoms with Crippen molar-refractivity contribution in [3.05, 3.63) is 29.8 Å². The predicted octanol–water partition coefficient (Wildman–Crippen LogP) is 3.26. The van der Waals surface area contributed by atoms with Gasteiger partial charge >= 0.3 is 5.97 Å². The van der Waals surface area contributed by atoms with Crippen LogP contribution in [-0.2, 0) is 16.0 Å². The van der Waals surface area contributed by atoms with Crippen molar-refractivity contribution in [2.24, 2.45) is 0 Å². The van der Waals surface area contributed by atoms with Crippen LogP contribution in [0.5, 0.6) is 5.75 Å². The Labute approximate surface area is 143 Å². The van der Waals surface area contributed by atoms with Gasteiger partial charge in [-0.05, 0) is 56.7 Å². The Morgan fingerprint density at radius 1 is 1.25 bits per heavy atom. The summed E-state index contributed by atoms with van der Waals surface area (Å²) in [6.07, 6.45) is 6.07. The quantitative estimate of drug-likeness (QED) is 0.753. The zero-order chi connectivity index (χ0) is 17.4. The second-order valence-electron chi connectivity index (χ2n) is 6.29. The van der Waals surface area contributed by atoms with E-state index in [1.807, 2.05) is 31.2 Å². The molecule has 0 aliphatic heterocycles. The van der Waals surface area contributed by atoms with Crippen LogP contribution >= 0.6 is 0 Å². The van der Waals surface area contributed by atoms with E-state index >= 15 is 0 Å². The molecule has 1 fully saturated rings. The molecular formula is C19H27NO4. The van der Waals surface area contributed by atoms with E-state index in [0.717, 1.165) is 24.2 Å². The molecule has 1 aromatic carbocycles. The van der Waals surface area contributed by atoms with Gasteiger partial charge in [-0.3, -0.25) is 9.59 Å². The Balaban J connectivity index is 1.83. The lowest BCUT2D eigenvalue weighted by Crippen LogP contribution is -2.32. The van der Waals surface area contributed by atoms with Crippen LogP contribution < -0.4 is 4.74 Å². The number of ether oxygens (including phenoxy) is 1. The largest absolute Gasteiger partial charge is 0.490 e. The molecule has 0 bridgehead atoms. The van der Waals surface area contributed by atoms with Crippen LogP contribution in [0.2, 0.25) is 0 Å². The first-order chi connectivity index (χ1) is 11.6. The van der Waals surface area contributed by atoms with Gasteiger partial charge in [0.2, 0.25) is 5.91 Å². The van der Waals surface area contributed by atoms with Gasteiger partial charge in [0.1, 0.15) is 5.75 Å². The Kier molecular flexibility index (Phi) is 7.09. The van der Waals surface area contributed by atoms with Crippen molar-refractivity contribution < 1.29 is 19.4 Å². The lowest BCUT2D eigenvalue weighted by atomic mass is 10.1. The molecule has 0 saturated heterocycles. The van der Waals surface area contributed by atoms with Crippen molar-refractivity contribution in [2.75, 3.05) is 13.1 Å². The van der Waals surface area contributed by atoms with Crippen LogP contribution in [0.1, 0.15) is 51.0 Å². The zero-order valence-corrected chi connectivity index (χ0v) is 14.4. The fraction of sp³-hybridized carbons (Fsp3) is 0.579. The Hall–Kier alpha value is -2.04. The van der Waals surface area contributed by atoms with E-state index in [4.69, 9.17) is 9.84 Å². The minimum Gasteiger partial charge on any atom is -0.490 e. The van der Waals surface area contributed by atoms with Crippen LogP contribution in [0, 0.1) is 0 Å². The van der Waals surface area contributed by atoms with Crippen molar-refractivity contribution in [3.8, 4) is 5.75 Å². The van der Waals surface area contributed by atoms with Crippen molar-refractivity contribution in [3.63, 3.8) is 0 Å². The topological polar surface area (TPSA) is 66.8 Å². The fourth-order valence-corrected chi connectivity index (χ4v) is 3.07. The number of aryl methyl sites for hydroxylation is 1. The van der Waals surface area contributed by atoms with Crippen molar-refractivity contribution >= 4 is 11.9 Å². The van der Waals surface area contributed by atoms with Crippen molar-refractivity contribution in [1.29, 1.82) is 0 Å². The molecule has 0 radical (unpaired) electrons. The molecule has 132 valence electrons. The van der Waals surface area contributed by atoms with Gasteiger partial charge in [-0.15, -0.1) is 0 Å². The number of carbonyl (C=O) groups excluding carboxylic acids is 1. The summed E-state index contributed by atoms with van der Waals surface area (Å²) in [7, 11) is 0. The van der Waals surface area contributed by atoms with E-state index in [0.29, 0.717) is 25.5 Å². The number of nitrogens with zero attached hydrogens (tertiary/aromatic N) is 1. The molecule has 24 heavy (non-hydrogen) atoms. The third kappa shape index (κ3) is 5.87. The van der Waals surface area contributed by atoms with Crippen LogP contribution in [0.4, 0.5) is 0 Å². The van der Waals surface area contributed by atoms with E-state index in [1.54, 1.807) is 4.90 Å². The summed E-state index contributed by atoms with van der Waals surface area (Å²) >= 11 is 0. The molecule has 1 amide bonds. The number of benzene rings is 1. The van der Waals surface area contributed by atoms with Gasteiger partial charge < -0.3 is 14.7 Å². The maximum atomic E-state index is 12.2. The highest BCUT2D eigenvalue weighted by atomic mass is 16.5. The van der Waals surface area contributed by atoms with E-state index in [-0.39, 0.29) is 18.9 Å². The first-order valence-corrected chi connectivity index (χ1v) is 8.83. The molecule has 1 saturated carbocycles. The van der Waals surface area contributed by atoms with Crippen LogP contribution in [0.15, 0.2) is 24.3 Å². The molecular weight excluding hydrogens is 306 g/mol. The number of hydrogen-bond acceptors (Lipinski definition) is 3. The van der Waals surface area contributed by atoms with Gasteiger partial charge in [0, 0.05) is 19.5 Å². The maximum absolute atomic E-state index is 12.2. The molecule has 5 heteroatoms. The second kappa shape index (κ2) is 9.30. The number of carboxylic acids is 1. The summed E-state index contributed by atoms with van der Waals surface area (Å²) in [5, 5.41) is 8.74. The zero-order valence-electron chi connectivity index (χ0n) is 14.4. The average molecular weight is 333 g/mol. The SMILES string of the molecule is CCN(CCC(=O)O)C(=O)CCc1cccc(OC2CCCC2)c1. The number of aliphatic carboxylic acids is 1. The molecule has 0 atom stereocenters. The molecule has 1 N–H and O–H groups in total. The third-order valence-electron chi connectivity index (χ3n) is 4.46. The standard InChI is InChI=1S/C19H27NO4/c1-2-20(13-12-19(22)23)18(21)11-10-15-6-5-9-17(14-15)24-16-7-3-4-8-16/h5-6,9,14,16H,2-4,7-8,10-13H2,1H3,(H,22,23). The van der Waals surface area contributed by atoms with Gasteiger partial charge in [-0.1, -0.05) is 12.1 Å². The summed E-state index contributed by atoms with van der Waals surface area (Å²) in [5.74, 6) is 0.00366. The molecule has 0 aromatic heterocycles. The van der Waals surface area contributed by atoms with Gasteiger partial charge in [0.25, 0.3) is 0 Å². The first kappa shape index (κ1) is 18.3. The average Bonchev–Trinajstić information content (AvgIpc) is 3.06. The number of carbonyl (C=O) groups is 2. The summed E-state index contributed by atoms with van der Waals surface area (Å²) in [6.45, 7) is 2.68. The van der Waals surface area contributed by atoms with Crippen molar-refractivity contribution in [2.45, 2.75) is 58.0 Å². The molecule has 1 aliphatic carbocycles. The molecule has 0 unspecified atom stereocenters. The number of carboxylic acid groups (broad SMARTS) is 1. The summed E-state index contributed by atoms with van der Waals surface area (Å²) in [4.78, 5) is 24.5. The van der Waals surface area contributed by atoms with Gasteiger partial charge in [-0.2, -0.15) is 0 Å². The van der Waals surface area contributed by atoms with Crippen molar-refractivity contribution in [1.82, 2.24) is 4.90 Å². The van der Waals surface area contributed by atoms with Crippen LogP contribution in [0.25, 0.3) is 0 Å². The van der Waals surface area contributed by atoms with Gasteiger partial charge in [0.05, 0.1) is 12.5 Å². The third-order valence-corrected chi connectivity index (χ3v) is 4.46. The second-order valence-corrected chi connectivity index (χ2v) is 6.29. The smallest absolute Gasteiger partial charge is 0.305 e. The highest BCUT2D eigenvalue weighted by molar-refractivity contribution is 5.77. The Morgan fingerprint density at radius 3 is 2.67 bits per heavy atom. The highest BCUT2D eigenvalue weighted by Gasteiger charge is 2.17. The van der Waals surface area contributed by atoms with Crippen LogP contribution in [0.3, 0.4) is 0 Å². The van der Waals surface area contributed by atoms with E-state index in [9.17, 15) is 9.59 Å². The molecule has 0 spiro atoms. The highest BCUT2D eigenvalue weighted by Crippen LogP contribution is 2.24. The molecule has 1 aromatic rings. The molecule has 2 rings (SSSR count). The Morgan fingerprint density at radius 2 is 2.00 bits per heavy atom. The number of hydrogen-bond donors (Lipinski definition) is 1. The monoisotopic (exact) mass is 333 g/mol. The molecule has 1 aliphatic rings.